The van der Waals surface area contributed by atoms with Gasteiger partial charge in [-0.1, -0.05) is 30.3 Å². The molecule has 0 fully saturated rings. The molecule has 98 valence electrons. The average Bonchev–Trinajstić information content (AvgIpc) is 2.41. The fourth-order valence-electron chi connectivity index (χ4n) is 1.80. The minimum absolute atomic E-state index is 0.290. The number of rotatable bonds is 5. The van der Waals surface area contributed by atoms with Gasteiger partial charge in [-0.3, -0.25) is 0 Å². The second-order valence-electron chi connectivity index (χ2n) is 4.23. The molecule has 0 saturated carbocycles. The Morgan fingerprint density at radius 2 is 1.63 bits per heavy atom. The highest BCUT2D eigenvalue weighted by Gasteiger charge is 1.96. The lowest BCUT2D eigenvalue weighted by Gasteiger charge is -2.07. The zero-order valence-corrected chi connectivity index (χ0v) is 11.4. The van der Waals surface area contributed by atoms with Crippen LogP contribution in [-0.4, -0.2) is 11.7 Å². The maximum Gasteiger partial charge on any atom is 0.168 e. The predicted molar refractivity (Wildman–Crippen MR) is 85.5 cm³/mol. The van der Waals surface area contributed by atoms with E-state index < -0.39 is 0 Å². The summed E-state index contributed by atoms with van der Waals surface area (Å²) in [5, 5.41) is 6.58. The first-order valence-electron chi connectivity index (χ1n) is 6.18. The Morgan fingerprint density at radius 1 is 0.947 bits per heavy atom. The number of nitrogens with two attached hydrogens (primary N) is 1. The maximum atomic E-state index is 5.42. The van der Waals surface area contributed by atoms with Gasteiger partial charge in [0.2, 0.25) is 0 Å². The number of hydrogen-bond donors (Lipinski definition) is 3. The second-order valence-corrected chi connectivity index (χ2v) is 4.67. The van der Waals surface area contributed by atoms with Crippen LogP contribution in [0.4, 0.5) is 11.4 Å². The quantitative estimate of drug-likeness (QED) is 0.732. The Kier molecular flexibility index (Phi) is 4.75. The SMILES string of the molecule is NC(=S)Nc1ccc(CCNc2ccccc2)cc1. The van der Waals surface area contributed by atoms with Gasteiger partial charge < -0.3 is 16.4 Å². The molecule has 3 nitrogen and oxygen atoms in total. The van der Waals surface area contributed by atoms with Crippen LogP contribution in [0.15, 0.2) is 54.6 Å². The molecule has 2 aromatic carbocycles. The summed E-state index contributed by atoms with van der Waals surface area (Å²) in [7, 11) is 0. The topological polar surface area (TPSA) is 50.1 Å². The van der Waals surface area contributed by atoms with Gasteiger partial charge in [0.15, 0.2) is 5.11 Å². The normalized spacial score (nSPS) is 9.89. The van der Waals surface area contributed by atoms with Crippen LogP contribution >= 0.6 is 12.2 Å². The summed E-state index contributed by atoms with van der Waals surface area (Å²) < 4.78 is 0. The summed E-state index contributed by atoms with van der Waals surface area (Å²) in [5.41, 5.74) is 8.76. The van der Waals surface area contributed by atoms with Crippen molar-refractivity contribution in [2.45, 2.75) is 6.42 Å². The van der Waals surface area contributed by atoms with Crippen molar-refractivity contribution >= 4 is 28.7 Å². The van der Waals surface area contributed by atoms with Crippen LogP contribution in [-0.2, 0) is 6.42 Å². The van der Waals surface area contributed by atoms with E-state index in [1.165, 1.54) is 5.56 Å². The fourth-order valence-corrected chi connectivity index (χ4v) is 1.92. The van der Waals surface area contributed by atoms with E-state index in [1.807, 2.05) is 30.3 Å². The van der Waals surface area contributed by atoms with Crippen molar-refractivity contribution in [3.8, 4) is 0 Å². The zero-order valence-electron chi connectivity index (χ0n) is 10.6. The Morgan fingerprint density at radius 3 is 2.26 bits per heavy atom. The first-order valence-corrected chi connectivity index (χ1v) is 6.59. The molecule has 4 N–H and O–H groups in total. The molecule has 19 heavy (non-hydrogen) atoms. The highest BCUT2D eigenvalue weighted by molar-refractivity contribution is 7.80. The molecule has 0 amide bonds. The lowest BCUT2D eigenvalue weighted by atomic mass is 10.1. The van der Waals surface area contributed by atoms with E-state index in [-0.39, 0.29) is 0 Å². The zero-order chi connectivity index (χ0) is 13.5. The predicted octanol–water partition coefficient (Wildman–Crippen LogP) is 3.00. The lowest BCUT2D eigenvalue weighted by molar-refractivity contribution is 1.02. The van der Waals surface area contributed by atoms with E-state index in [0.29, 0.717) is 5.11 Å². The molecule has 0 spiro atoms. The molecule has 4 heteroatoms. The van der Waals surface area contributed by atoms with Crippen molar-refractivity contribution in [2.75, 3.05) is 17.2 Å². The minimum Gasteiger partial charge on any atom is -0.385 e. The molecule has 0 saturated heterocycles. The van der Waals surface area contributed by atoms with Gasteiger partial charge >= 0.3 is 0 Å². The summed E-state index contributed by atoms with van der Waals surface area (Å²) in [6.07, 6.45) is 0.974. The van der Waals surface area contributed by atoms with Gasteiger partial charge in [0.25, 0.3) is 0 Å². The minimum atomic E-state index is 0.290. The number of nitrogens with one attached hydrogen (secondary N) is 2. The molecular formula is C15H17N3S. The van der Waals surface area contributed by atoms with Crippen LogP contribution in [0, 0.1) is 0 Å². The first-order chi connectivity index (χ1) is 9.24. The molecular weight excluding hydrogens is 254 g/mol. The maximum absolute atomic E-state index is 5.42. The van der Waals surface area contributed by atoms with Gasteiger partial charge in [0.1, 0.15) is 0 Å². The van der Waals surface area contributed by atoms with E-state index in [0.717, 1.165) is 24.3 Å². The number of hydrogen-bond acceptors (Lipinski definition) is 2. The van der Waals surface area contributed by atoms with Crippen molar-refractivity contribution in [3.05, 3.63) is 60.2 Å². The van der Waals surface area contributed by atoms with Gasteiger partial charge in [-0.25, -0.2) is 0 Å². The smallest absolute Gasteiger partial charge is 0.168 e. The van der Waals surface area contributed by atoms with Crippen LogP contribution in [0.2, 0.25) is 0 Å². The summed E-state index contributed by atoms with van der Waals surface area (Å²) >= 11 is 4.79. The molecule has 0 aliphatic rings. The molecule has 0 heterocycles. The molecule has 0 unspecified atom stereocenters. The number of benzene rings is 2. The van der Waals surface area contributed by atoms with Crippen molar-refractivity contribution in [2.24, 2.45) is 5.73 Å². The van der Waals surface area contributed by atoms with Gasteiger partial charge in [-0.05, 0) is 48.5 Å². The van der Waals surface area contributed by atoms with Crippen molar-refractivity contribution < 1.29 is 0 Å². The van der Waals surface area contributed by atoms with Gasteiger partial charge in [-0.15, -0.1) is 0 Å². The Bertz CT molecular complexity index is 523. The second kappa shape index (κ2) is 6.75. The monoisotopic (exact) mass is 271 g/mol. The Balaban J connectivity index is 1.81. The Labute approximate surface area is 118 Å². The van der Waals surface area contributed by atoms with E-state index in [9.17, 15) is 0 Å². The van der Waals surface area contributed by atoms with Crippen LogP contribution < -0.4 is 16.4 Å². The third-order valence-electron chi connectivity index (χ3n) is 2.74. The van der Waals surface area contributed by atoms with Crippen LogP contribution in [0.5, 0.6) is 0 Å². The highest BCUT2D eigenvalue weighted by Crippen LogP contribution is 2.10. The summed E-state index contributed by atoms with van der Waals surface area (Å²) in [6, 6.07) is 18.3. The largest absolute Gasteiger partial charge is 0.385 e. The molecule has 0 aliphatic carbocycles. The first kappa shape index (κ1) is 13.4. The summed E-state index contributed by atoms with van der Waals surface area (Å²) in [4.78, 5) is 0. The molecule has 2 rings (SSSR count). The highest BCUT2D eigenvalue weighted by atomic mass is 32.1. The molecule has 0 atom stereocenters. The van der Waals surface area contributed by atoms with Crippen LogP contribution in [0.1, 0.15) is 5.56 Å². The number of thiocarbonyl (C=S) groups is 1. The molecule has 0 aliphatic heterocycles. The molecule has 0 radical (unpaired) electrons. The average molecular weight is 271 g/mol. The van der Waals surface area contributed by atoms with Crippen molar-refractivity contribution in [3.63, 3.8) is 0 Å². The van der Waals surface area contributed by atoms with E-state index in [2.05, 4.69) is 34.9 Å². The third kappa shape index (κ3) is 4.60. The van der Waals surface area contributed by atoms with Crippen molar-refractivity contribution in [1.82, 2.24) is 0 Å². The number of anilines is 2. The molecule has 0 aromatic heterocycles. The van der Waals surface area contributed by atoms with E-state index in [4.69, 9.17) is 18.0 Å². The van der Waals surface area contributed by atoms with Crippen molar-refractivity contribution in [1.29, 1.82) is 0 Å². The standard InChI is InChI=1S/C15H17N3S/c16-15(19)18-14-8-6-12(7-9-14)10-11-17-13-4-2-1-3-5-13/h1-9,17H,10-11H2,(H3,16,18,19). The molecule has 2 aromatic rings. The van der Waals surface area contributed by atoms with Crippen LogP contribution in [0.25, 0.3) is 0 Å². The fraction of sp³-hybridized carbons (Fsp3) is 0.133. The summed E-state index contributed by atoms with van der Waals surface area (Å²) in [6.45, 7) is 0.909. The lowest BCUT2D eigenvalue weighted by Crippen LogP contribution is -2.18. The summed E-state index contributed by atoms with van der Waals surface area (Å²) in [5.74, 6) is 0. The van der Waals surface area contributed by atoms with Gasteiger partial charge in [0.05, 0.1) is 0 Å². The van der Waals surface area contributed by atoms with E-state index >= 15 is 0 Å². The number of para-hydroxylation sites is 1. The molecule has 0 bridgehead atoms. The third-order valence-corrected chi connectivity index (χ3v) is 2.84. The van der Waals surface area contributed by atoms with E-state index in [1.54, 1.807) is 0 Å². The Hall–Kier alpha value is -2.07. The van der Waals surface area contributed by atoms with Gasteiger partial charge in [-0.2, -0.15) is 0 Å². The van der Waals surface area contributed by atoms with Gasteiger partial charge in [0, 0.05) is 17.9 Å². The van der Waals surface area contributed by atoms with Crippen LogP contribution in [0.3, 0.4) is 0 Å².